The monoisotopic (exact) mass is 498 g/mol. The molecule has 0 heterocycles. The Bertz CT molecular complexity index is 812. The van der Waals surface area contributed by atoms with Gasteiger partial charge in [0.2, 0.25) is 0 Å². The third kappa shape index (κ3) is 8.42. The molecule has 2 unspecified atom stereocenters. The number of carbonyl (C=O) groups is 2. The van der Waals surface area contributed by atoms with Gasteiger partial charge in [0.1, 0.15) is 0 Å². The maximum absolute atomic E-state index is 12.7. The molecule has 2 atom stereocenters. The lowest BCUT2D eigenvalue weighted by atomic mass is 9.78. The highest BCUT2D eigenvalue weighted by atomic mass is 32.2. The first-order valence-corrected chi connectivity index (χ1v) is 14.1. The van der Waals surface area contributed by atoms with Gasteiger partial charge in [0.25, 0.3) is 0 Å². The average molecular weight is 499 g/mol. The molecule has 0 aliphatic heterocycles. The molecule has 0 radical (unpaired) electrons. The molecule has 0 bridgehead atoms. The Hall–Kier alpha value is -2.27. The third-order valence-corrected chi connectivity index (χ3v) is 7.86. The Morgan fingerprint density at radius 1 is 0.657 bits per heavy atom. The van der Waals surface area contributed by atoms with Crippen molar-refractivity contribution in [2.45, 2.75) is 77.0 Å². The predicted octanol–water partition coefficient (Wildman–Crippen LogP) is 7.10. The second kappa shape index (κ2) is 15.0. The molecule has 0 fully saturated rings. The molecule has 0 saturated heterocycles. The lowest BCUT2D eigenvalue weighted by Crippen LogP contribution is -2.34. The largest absolute Gasteiger partial charge is 0.465 e. The summed E-state index contributed by atoms with van der Waals surface area (Å²) in [6.45, 7) is 8.51. The van der Waals surface area contributed by atoms with E-state index in [0.29, 0.717) is 13.2 Å². The summed E-state index contributed by atoms with van der Waals surface area (Å²) >= 11 is 1.95. The van der Waals surface area contributed by atoms with Crippen LogP contribution in [-0.2, 0) is 29.9 Å². The second-order valence-electron chi connectivity index (χ2n) is 9.36. The van der Waals surface area contributed by atoms with Crippen molar-refractivity contribution >= 4 is 23.7 Å². The normalized spacial score (nSPS) is 14.5. The molecular formula is C30H42O4S. The van der Waals surface area contributed by atoms with Crippen molar-refractivity contribution < 1.29 is 19.1 Å². The summed E-state index contributed by atoms with van der Waals surface area (Å²) in [6, 6.07) is 19.9. The van der Waals surface area contributed by atoms with Crippen molar-refractivity contribution in [1.82, 2.24) is 0 Å². The van der Waals surface area contributed by atoms with E-state index in [2.05, 4.69) is 0 Å². The number of carbonyl (C=O) groups excluding carboxylic acids is 2. The van der Waals surface area contributed by atoms with Gasteiger partial charge in [-0.2, -0.15) is 11.8 Å². The van der Waals surface area contributed by atoms with Gasteiger partial charge in [0, 0.05) is 0 Å². The second-order valence-corrected chi connectivity index (χ2v) is 10.6. The molecule has 0 aliphatic carbocycles. The van der Waals surface area contributed by atoms with E-state index in [0.717, 1.165) is 61.2 Å². The highest BCUT2D eigenvalue weighted by Gasteiger charge is 2.37. The molecule has 2 aromatic carbocycles. The van der Waals surface area contributed by atoms with Gasteiger partial charge in [0.15, 0.2) is 0 Å². The first-order chi connectivity index (χ1) is 16.9. The minimum Gasteiger partial charge on any atom is -0.465 e. The average Bonchev–Trinajstić information content (AvgIpc) is 2.88. The fraction of sp³-hybridized carbons (Fsp3) is 0.533. The van der Waals surface area contributed by atoms with Crippen LogP contribution in [0.3, 0.4) is 0 Å². The zero-order valence-corrected chi connectivity index (χ0v) is 22.7. The number of thioether (sulfide) groups is 1. The van der Waals surface area contributed by atoms with Crippen LogP contribution in [0.1, 0.15) is 77.3 Å². The van der Waals surface area contributed by atoms with E-state index in [-0.39, 0.29) is 11.9 Å². The van der Waals surface area contributed by atoms with E-state index in [1.165, 1.54) is 0 Å². The first-order valence-electron chi connectivity index (χ1n) is 12.9. The van der Waals surface area contributed by atoms with Crippen LogP contribution in [0.25, 0.3) is 0 Å². The van der Waals surface area contributed by atoms with E-state index in [9.17, 15) is 9.59 Å². The molecule has 2 aromatic rings. The van der Waals surface area contributed by atoms with Crippen LogP contribution in [0.15, 0.2) is 60.7 Å². The topological polar surface area (TPSA) is 52.6 Å². The highest BCUT2D eigenvalue weighted by molar-refractivity contribution is 7.99. The Kier molecular flexibility index (Phi) is 12.4. The Labute approximate surface area is 216 Å². The number of unbranched alkanes of at least 4 members (excludes halogenated alkanes) is 2. The summed E-state index contributed by atoms with van der Waals surface area (Å²) in [7, 11) is 0. The molecular weight excluding hydrogens is 456 g/mol. The Morgan fingerprint density at radius 3 is 1.37 bits per heavy atom. The minimum absolute atomic E-state index is 0.137. The van der Waals surface area contributed by atoms with Crippen molar-refractivity contribution in [3.63, 3.8) is 0 Å². The molecule has 192 valence electrons. The molecule has 0 amide bonds. The number of benzene rings is 2. The first kappa shape index (κ1) is 29.0. The van der Waals surface area contributed by atoms with Gasteiger partial charge < -0.3 is 9.47 Å². The van der Waals surface area contributed by atoms with Gasteiger partial charge in [-0.25, -0.2) is 0 Å². The molecule has 0 N–H and O–H groups in total. The molecule has 4 nitrogen and oxygen atoms in total. The van der Waals surface area contributed by atoms with Gasteiger partial charge in [-0.05, 0) is 76.0 Å². The van der Waals surface area contributed by atoms with Gasteiger partial charge in [-0.1, -0.05) is 73.5 Å². The zero-order chi connectivity index (χ0) is 25.6. The molecule has 2 rings (SSSR count). The van der Waals surface area contributed by atoms with Crippen molar-refractivity contribution in [3.8, 4) is 0 Å². The molecule has 5 heteroatoms. The summed E-state index contributed by atoms with van der Waals surface area (Å²) in [4.78, 5) is 25.4. The van der Waals surface area contributed by atoms with Crippen LogP contribution in [0, 0.1) is 0 Å². The van der Waals surface area contributed by atoms with Crippen molar-refractivity contribution in [1.29, 1.82) is 0 Å². The van der Waals surface area contributed by atoms with Gasteiger partial charge in [0.05, 0.1) is 24.0 Å². The van der Waals surface area contributed by atoms with Crippen LogP contribution < -0.4 is 0 Å². The van der Waals surface area contributed by atoms with Crippen LogP contribution >= 0.6 is 11.8 Å². The summed E-state index contributed by atoms with van der Waals surface area (Å²) in [5.41, 5.74) is 0.844. The summed E-state index contributed by atoms with van der Waals surface area (Å²) < 4.78 is 10.8. The van der Waals surface area contributed by atoms with Crippen LogP contribution in [0.5, 0.6) is 0 Å². The van der Waals surface area contributed by atoms with E-state index < -0.39 is 10.8 Å². The smallest absolute Gasteiger partial charge is 0.316 e. The number of hydrogen-bond donors (Lipinski definition) is 0. The lowest BCUT2D eigenvalue weighted by Gasteiger charge is -2.28. The SMILES string of the molecule is CCOC(=O)C(C)(CCCCSCCCCC(C)(C(=O)OCC)c1ccccc1)c1ccccc1. The number of rotatable bonds is 16. The highest BCUT2D eigenvalue weighted by Crippen LogP contribution is 2.33. The fourth-order valence-electron chi connectivity index (χ4n) is 4.39. The maximum atomic E-state index is 12.7. The lowest BCUT2D eigenvalue weighted by molar-refractivity contribution is -0.150. The van der Waals surface area contributed by atoms with Crippen LogP contribution in [0.4, 0.5) is 0 Å². The van der Waals surface area contributed by atoms with Gasteiger partial charge in [-0.15, -0.1) is 0 Å². The zero-order valence-electron chi connectivity index (χ0n) is 21.9. The van der Waals surface area contributed by atoms with Gasteiger partial charge in [-0.3, -0.25) is 9.59 Å². The van der Waals surface area contributed by atoms with Gasteiger partial charge >= 0.3 is 11.9 Å². The summed E-state index contributed by atoms with van der Waals surface area (Å²) in [5, 5.41) is 0. The van der Waals surface area contributed by atoms with E-state index in [1.807, 2.05) is 100 Å². The summed E-state index contributed by atoms with van der Waals surface area (Å²) in [5.74, 6) is 1.87. The number of ether oxygens (including phenoxy) is 2. The van der Waals surface area contributed by atoms with Crippen molar-refractivity contribution in [2.24, 2.45) is 0 Å². The number of esters is 2. The van der Waals surface area contributed by atoms with E-state index in [1.54, 1.807) is 0 Å². The molecule has 0 aromatic heterocycles. The van der Waals surface area contributed by atoms with E-state index >= 15 is 0 Å². The Morgan fingerprint density at radius 2 is 1.03 bits per heavy atom. The van der Waals surface area contributed by atoms with E-state index in [4.69, 9.17) is 9.47 Å². The fourth-order valence-corrected chi connectivity index (χ4v) is 5.41. The predicted molar refractivity (Wildman–Crippen MR) is 146 cm³/mol. The quantitative estimate of drug-likeness (QED) is 0.182. The molecule has 35 heavy (non-hydrogen) atoms. The number of hydrogen-bond acceptors (Lipinski definition) is 5. The van der Waals surface area contributed by atoms with Crippen molar-refractivity contribution in [3.05, 3.63) is 71.8 Å². The molecule has 0 saturated carbocycles. The van der Waals surface area contributed by atoms with Crippen LogP contribution in [-0.4, -0.2) is 36.7 Å². The molecule has 0 aliphatic rings. The van der Waals surface area contributed by atoms with Crippen LogP contribution in [0.2, 0.25) is 0 Å². The standard InChI is InChI=1S/C30H42O4S/c1-5-33-27(31)29(3,25-17-9-7-10-18-25)21-13-15-23-35-24-16-14-22-30(4,28(32)34-6-2)26-19-11-8-12-20-26/h7-12,17-20H,5-6,13-16,21-24H2,1-4H3. The maximum Gasteiger partial charge on any atom is 0.316 e. The van der Waals surface area contributed by atoms with Crippen molar-refractivity contribution in [2.75, 3.05) is 24.7 Å². The minimum atomic E-state index is -0.600. The molecule has 0 spiro atoms. The third-order valence-electron chi connectivity index (χ3n) is 6.70. The summed E-state index contributed by atoms with van der Waals surface area (Å²) in [6.07, 6.45) is 5.66. The Balaban J connectivity index is 1.75.